The third-order valence-electron chi connectivity index (χ3n) is 4.96. The van der Waals surface area contributed by atoms with Gasteiger partial charge in [0.1, 0.15) is 22.8 Å². The molecule has 3 aromatic rings. The molecule has 1 aliphatic carbocycles. The number of benzene rings is 2. The van der Waals surface area contributed by atoms with Crippen LogP contribution in [0.1, 0.15) is 34.5 Å². The number of hydrazine groups is 1. The molecule has 7 nitrogen and oxygen atoms in total. The van der Waals surface area contributed by atoms with Crippen molar-refractivity contribution < 1.29 is 23.5 Å². The van der Waals surface area contributed by atoms with E-state index in [1.165, 1.54) is 12.7 Å². The van der Waals surface area contributed by atoms with Gasteiger partial charge >= 0.3 is 0 Å². The van der Waals surface area contributed by atoms with Gasteiger partial charge in [-0.25, -0.2) is 0 Å². The number of amides is 2. The third kappa shape index (κ3) is 4.03. The van der Waals surface area contributed by atoms with Gasteiger partial charge in [0.2, 0.25) is 0 Å². The van der Waals surface area contributed by atoms with E-state index in [0.29, 0.717) is 17.1 Å². The Morgan fingerprint density at radius 2 is 1.90 bits per heavy atom. The molecule has 4 rings (SSSR count). The maximum atomic E-state index is 12.2. The third-order valence-corrected chi connectivity index (χ3v) is 4.96. The molecule has 0 unspecified atom stereocenters. The summed E-state index contributed by atoms with van der Waals surface area (Å²) in [7, 11) is 1.48. The van der Waals surface area contributed by atoms with Crippen LogP contribution < -0.4 is 20.3 Å². The second kappa shape index (κ2) is 8.26. The van der Waals surface area contributed by atoms with Crippen LogP contribution in [0.25, 0.3) is 11.0 Å². The van der Waals surface area contributed by atoms with Gasteiger partial charge in [0, 0.05) is 17.4 Å². The molecule has 0 fully saturated rings. The smallest absolute Gasteiger partial charge is 0.276 e. The number of furan rings is 1. The molecule has 0 aliphatic heterocycles. The van der Waals surface area contributed by atoms with Crippen molar-refractivity contribution >= 4 is 22.8 Å². The number of carbonyl (C=O) groups excluding carboxylic acids is 2. The monoisotopic (exact) mass is 394 g/mol. The Balaban J connectivity index is 1.34. The minimum atomic E-state index is -0.470. The molecule has 150 valence electrons. The molecule has 0 bridgehead atoms. The fourth-order valence-corrected chi connectivity index (χ4v) is 3.54. The van der Waals surface area contributed by atoms with E-state index in [4.69, 9.17) is 13.9 Å². The van der Waals surface area contributed by atoms with E-state index in [1.54, 1.807) is 30.3 Å². The van der Waals surface area contributed by atoms with Gasteiger partial charge in [0.25, 0.3) is 11.8 Å². The molecular formula is C22H22N2O5. The summed E-state index contributed by atoms with van der Waals surface area (Å²) in [4.78, 5) is 24.3. The van der Waals surface area contributed by atoms with Crippen molar-refractivity contribution in [3.63, 3.8) is 0 Å². The summed E-state index contributed by atoms with van der Waals surface area (Å²) in [6.45, 7) is -0.224. The van der Waals surface area contributed by atoms with E-state index in [2.05, 4.69) is 10.9 Å². The molecule has 0 radical (unpaired) electrons. The zero-order valence-electron chi connectivity index (χ0n) is 16.1. The molecule has 1 aromatic heterocycles. The lowest BCUT2D eigenvalue weighted by atomic mass is 9.96. The van der Waals surface area contributed by atoms with Crippen molar-refractivity contribution in [3.05, 3.63) is 59.4 Å². The van der Waals surface area contributed by atoms with Crippen molar-refractivity contribution in [2.45, 2.75) is 25.7 Å². The first-order valence-electron chi connectivity index (χ1n) is 9.55. The standard InChI is InChI=1S/C22H22N2O5/c1-27-18-8-4-3-7-16(18)22(26)24-23-21(25)13-28-14-10-11-20-17(12-14)15-6-2-5-9-19(15)29-20/h3-4,7-8,10-12H,2,5-6,9,13H2,1H3,(H,23,25)(H,24,26). The van der Waals surface area contributed by atoms with Gasteiger partial charge in [-0.05, 0) is 49.6 Å². The van der Waals surface area contributed by atoms with Gasteiger partial charge < -0.3 is 13.9 Å². The molecule has 29 heavy (non-hydrogen) atoms. The molecule has 2 amide bonds. The van der Waals surface area contributed by atoms with Crippen LogP contribution in [0.5, 0.6) is 11.5 Å². The lowest BCUT2D eigenvalue weighted by Gasteiger charge is -2.11. The molecular weight excluding hydrogens is 372 g/mol. The topological polar surface area (TPSA) is 89.8 Å². The first-order valence-corrected chi connectivity index (χ1v) is 9.55. The SMILES string of the molecule is COc1ccccc1C(=O)NNC(=O)COc1ccc2oc3c(c2c1)CCCC3. The highest BCUT2D eigenvalue weighted by atomic mass is 16.5. The zero-order chi connectivity index (χ0) is 20.2. The van der Waals surface area contributed by atoms with Gasteiger partial charge in [-0.15, -0.1) is 0 Å². The number of hydrogen-bond donors (Lipinski definition) is 2. The minimum absolute atomic E-state index is 0.224. The number of ether oxygens (including phenoxy) is 2. The summed E-state index contributed by atoms with van der Waals surface area (Å²) in [6, 6.07) is 12.3. The summed E-state index contributed by atoms with van der Waals surface area (Å²) in [5.74, 6) is 1.12. The van der Waals surface area contributed by atoms with Crippen LogP contribution >= 0.6 is 0 Å². The Labute approximate surface area is 167 Å². The van der Waals surface area contributed by atoms with Crippen LogP contribution in [0.2, 0.25) is 0 Å². The average Bonchev–Trinajstić information content (AvgIpc) is 3.14. The van der Waals surface area contributed by atoms with E-state index in [9.17, 15) is 9.59 Å². The lowest BCUT2D eigenvalue weighted by Crippen LogP contribution is -2.43. The number of hydrogen-bond acceptors (Lipinski definition) is 5. The Hall–Kier alpha value is -3.48. The first kappa shape index (κ1) is 18.9. The summed E-state index contributed by atoms with van der Waals surface area (Å²) in [5, 5.41) is 1.04. The van der Waals surface area contributed by atoms with Gasteiger partial charge in [-0.3, -0.25) is 20.4 Å². The van der Waals surface area contributed by atoms with Crippen molar-refractivity contribution in [3.8, 4) is 11.5 Å². The predicted octanol–water partition coefficient (Wildman–Crippen LogP) is 3.16. The largest absolute Gasteiger partial charge is 0.496 e. The molecule has 0 atom stereocenters. The van der Waals surface area contributed by atoms with Gasteiger partial charge in [-0.1, -0.05) is 12.1 Å². The molecule has 0 spiro atoms. The maximum Gasteiger partial charge on any atom is 0.276 e. The maximum absolute atomic E-state index is 12.2. The molecule has 7 heteroatoms. The van der Waals surface area contributed by atoms with Crippen molar-refractivity contribution in [1.82, 2.24) is 10.9 Å². The highest BCUT2D eigenvalue weighted by molar-refractivity contribution is 5.97. The van der Waals surface area contributed by atoms with Crippen LogP contribution in [-0.4, -0.2) is 25.5 Å². The van der Waals surface area contributed by atoms with Crippen molar-refractivity contribution in [1.29, 1.82) is 0 Å². The molecule has 1 aliphatic rings. The normalized spacial score (nSPS) is 12.9. The number of rotatable bonds is 5. The van der Waals surface area contributed by atoms with Crippen LogP contribution in [0, 0.1) is 0 Å². The number of fused-ring (bicyclic) bond motifs is 3. The minimum Gasteiger partial charge on any atom is -0.496 e. The summed E-state index contributed by atoms with van der Waals surface area (Å²) in [6.07, 6.45) is 4.27. The van der Waals surface area contributed by atoms with Crippen molar-refractivity contribution in [2.75, 3.05) is 13.7 Å². The highest BCUT2D eigenvalue weighted by Gasteiger charge is 2.18. The molecule has 2 aromatic carbocycles. The fraction of sp³-hybridized carbons (Fsp3) is 0.273. The Morgan fingerprint density at radius 1 is 1.07 bits per heavy atom. The van der Waals surface area contributed by atoms with Crippen LogP contribution in [-0.2, 0) is 17.6 Å². The molecule has 0 saturated carbocycles. The zero-order valence-corrected chi connectivity index (χ0v) is 16.1. The highest BCUT2D eigenvalue weighted by Crippen LogP contribution is 2.33. The molecule has 2 N–H and O–H groups in total. The second-order valence-corrected chi connectivity index (χ2v) is 6.86. The Bertz CT molecular complexity index is 1060. The average molecular weight is 394 g/mol. The summed E-state index contributed by atoms with van der Waals surface area (Å²) < 4.78 is 16.6. The van der Waals surface area contributed by atoms with Gasteiger partial charge in [0.15, 0.2) is 6.61 Å². The van der Waals surface area contributed by atoms with Crippen LogP contribution in [0.4, 0.5) is 0 Å². The van der Waals surface area contributed by atoms with Crippen LogP contribution in [0.3, 0.4) is 0 Å². The quantitative estimate of drug-likeness (QED) is 0.649. The molecule has 1 heterocycles. The predicted molar refractivity (Wildman–Crippen MR) is 107 cm³/mol. The van der Waals surface area contributed by atoms with Gasteiger partial charge in [0.05, 0.1) is 12.7 Å². The van der Waals surface area contributed by atoms with E-state index >= 15 is 0 Å². The lowest BCUT2D eigenvalue weighted by molar-refractivity contribution is -0.123. The number of nitrogens with one attached hydrogen (secondary N) is 2. The first-order chi connectivity index (χ1) is 14.2. The van der Waals surface area contributed by atoms with Crippen molar-refractivity contribution in [2.24, 2.45) is 0 Å². The fourth-order valence-electron chi connectivity index (χ4n) is 3.54. The van der Waals surface area contributed by atoms with E-state index in [0.717, 1.165) is 42.4 Å². The van der Waals surface area contributed by atoms with E-state index in [1.807, 2.05) is 12.1 Å². The number of aryl methyl sites for hydroxylation is 2. The summed E-state index contributed by atoms with van der Waals surface area (Å²) >= 11 is 0. The van der Waals surface area contributed by atoms with E-state index in [-0.39, 0.29) is 6.61 Å². The van der Waals surface area contributed by atoms with E-state index < -0.39 is 11.8 Å². The Kier molecular flexibility index (Phi) is 5.37. The number of methoxy groups -OCH3 is 1. The number of carbonyl (C=O) groups is 2. The molecule has 0 saturated heterocycles. The Morgan fingerprint density at radius 3 is 2.76 bits per heavy atom. The summed E-state index contributed by atoms with van der Waals surface area (Å²) in [5.41, 5.74) is 7.12. The second-order valence-electron chi connectivity index (χ2n) is 6.86. The van der Waals surface area contributed by atoms with Crippen LogP contribution in [0.15, 0.2) is 46.9 Å². The number of para-hydroxylation sites is 1. The van der Waals surface area contributed by atoms with Gasteiger partial charge in [-0.2, -0.15) is 0 Å².